The van der Waals surface area contributed by atoms with Crippen LogP contribution in [0, 0.1) is 17.5 Å². The molecule has 0 spiro atoms. The molecule has 122 valence electrons. The van der Waals surface area contributed by atoms with Crippen LogP contribution in [0.5, 0.6) is 5.75 Å². The Morgan fingerprint density at radius 2 is 1.58 bits per heavy atom. The smallest absolute Gasteiger partial charge is 0.201 e. The van der Waals surface area contributed by atoms with Gasteiger partial charge in [0.05, 0.1) is 4.47 Å². The van der Waals surface area contributed by atoms with E-state index in [0.717, 1.165) is 11.6 Å². The van der Waals surface area contributed by atoms with Crippen molar-refractivity contribution in [2.75, 3.05) is 0 Å². The highest BCUT2D eigenvalue weighted by Crippen LogP contribution is 2.31. The minimum absolute atomic E-state index is 0.0223. The summed E-state index contributed by atoms with van der Waals surface area (Å²) in [4.78, 5) is 0. The lowest BCUT2D eigenvalue weighted by Gasteiger charge is -2.11. The molecule has 24 heavy (non-hydrogen) atoms. The summed E-state index contributed by atoms with van der Waals surface area (Å²) in [5, 5.41) is 0. The van der Waals surface area contributed by atoms with Crippen LogP contribution in [0.15, 0.2) is 65.1 Å². The third kappa shape index (κ3) is 3.46. The van der Waals surface area contributed by atoms with Gasteiger partial charge in [-0.25, -0.2) is 8.78 Å². The Labute approximate surface area is 145 Å². The summed E-state index contributed by atoms with van der Waals surface area (Å²) in [6.45, 7) is 0.128. The van der Waals surface area contributed by atoms with Crippen LogP contribution >= 0.6 is 15.9 Å². The molecule has 3 aromatic carbocycles. The maximum Gasteiger partial charge on any atom is 0.201 e. The average molecular weight is 393 g/mol. The molecular weight excluding hydrogens is 381 g/mol. The molecule has 0 atom stereocenters. The second-order valence-corrected chi connectivity index (χ2v) is 6.00. The summed E-state index contributed by atoms with van der Waals surface area (Å²) >= 11 is 3.03. The maximum absolute atomic E-state index is 14.3. The zero-order valence-corrected chi connectivity index (χ0v) is 14.0. The Balaban J connectivity index is 1.87. The average Bonchev–Trinajstić information content (AvgIpc) is 2.60. The predicted molar refractivity (Wildman–Crippen MR) is 90.2 cm³/mol. The number of halogens is 4. The van der Waals surface area contributed by atoms with Crippen LogP contribution in [0.1, 0.15) is 5.56 Å². The summed E-state index contributed by atoms with van der Waals surface area (Å²) in [6, 6.07) is 16.0. The number of hydrogen-bond acceptors (Lipinski definition) is 1. The SMILES string of the molecule is Fc1cc(-c2ccc(OCc3ccccc3)c(F)c2F)ccc1Br. The highest BCUT2D eigenvalue weighted by Gasteiger charge is 2.16. The van der Waals surface area contributed by atoms with Crippen molar-refractivity contribution in [1.82, 2.24) is 0 Å². The van der Waals surface area contributed by atoms with E-state index in [2.05, 4.69) is 15.9 Å². The molecule has 5 heteroatoms. The molecule has 0 aliphatic heterocycles. The summed E-state index contributed by atoms with van der Waals surface area (Å²) in [5.74, 6) is -2.89. The van der Waals surface area contributed by atoms with E-state index < -0.39 is 17.5 Å². The summed E-state index contributed by atoms with van der Waals surface area (Å²) in [6.07, 6.45) is 0. The number of ether oxygens (including phenoxy) is 1. The number of hydrogen-bond donors (Lipinski definition) is 0. The summed E-state index contributed by atoms with van der Waals surface area (Å²) in [5.41, 5.74) is 1.07. The van der Waals surface area contributed by atoms with E-state index in [1.165, 1.54) is 24.3 Å². The van der Waals surface area contributed by atoms with Gasteiger partial charge in [0, 0.05) is 5.56 Å². The minimum Gasteiger partial charge on any atom is -0.486 e. The molecule has 0 saturated heterocycles. The lowest BCUT2D eigenvalue weighted by molar-refractivity contribution is 0.285. The Kier molecular flexibility index (Phi) is 4.90. The van der Waals surface area contributed by atoms with Gasteiger partial charge in [0.1, 0.15) is 12.4 Å². The van der Waals surface area contributed by atoms with Crippen LogP contribution < -0.4 is 4.74 Å². The largest absolute Gasteiger partial charge is 0.486 e. The second-order valence-electron chi connectivity index (χ2n) is 5.14. The first-order valence-corrected chi connectivity index (χ1v) is 7.95. The van der Waals surface area contributed by atoms with Gasteiger partial charge in [-0.15, -0.1) is 0 Å². The van der Waals surface area contributed by atoms with Crippen molar-refractivity contribution in [3.05, 3.63) is 88.2 Å². The molecule has 0 N–H and O–H groups in total. The molecule has 3 aromatic rings. The third-order valence-corrected chi connectivity index (χ3v) is 4.16. The van der Waals surface area contributed by atoms with Gasteiger partial charge in [-0.05, 0) is 51.3 Å². The van der Waals surface area contributed by atoms with Crippen LogP contribution in [-0.4, -0.2) is 0 Å². The molecule has 0 unspecified atom stereocenters. The second kappa shape index (κ2) is 7.09. The molecule has 0 aliphatic carbocycles. The molecule has 0 bridgehead atoms. The predicted octanol–water partition coefficient (Wildman–Crippen LogP) is 6.11. The fraction of sp³-hybridized carbons (Fsp3) is 0.0526. The summed E-state index contributed by atoms with van der Waals surface area (Å²) < 4.78 is 47.7. The zero-order chi connectivity index (χ0) is 17.1. The van der Waals surface area contributed by atoms with Gasteiger partial charge >= 0.3 is 0 Å². The Morgan fingerprint density at radius 1 is 0.833 bits per heavy atom. The molecule has 1 nitrogen and oxygen atoms in total. The molecule has 0 aromatic heterocycles. The van der Waals surface area contributed by atoms with E-state index in [4.69, 9.17) is 4.74 Å². The van der Waals surface area contributed by atoms with Crippen LogP contribution in [0.25, 0.3) is 11.1 Å². The number of rotatable bonds is 4. The van der Waals surface area contributed by atoms with E-state index in [1.807, 2.05) is 30.3 Å². The van der Waals surface area contributed by atoms with Crippen molar-refractivity contribution < 1.29 is 17.9 Å². The quantitative estimate of drug-likeness (QED) is 0.520. The molecule has 0 heterocycles. The topological polar surface area (TPSA) is 9.23 Å². The van der Waals surface area contributed by atoms with Gasteiger partial charge in [0.15, 0.2) is 11.6 Å². The van der Waals surface area contributed by atoms with Crippen LogP contribution in [-0.2, 0) is 6.61 Å². The lowest BCUT2D eigenvalue weighted by atomic mass is 10.0. The minimum atomic E-state index is -1.09. The van der Waals surface area contributed by atoms with Crippen molar-refractivity contribution in [2.24, 2.45) is 0 Å². The lowest BCUT2D eigenvalue weighted by Crippen LogP contribution is -2.00. The first kappa shape index (κ1) is 16.6. The van der Waals surface area contributed by atoms with Gasteiger partial charge in [-0.3, -0.25) is 0 Å². The molecule has 0 fully saturated rings. The fourth-order valence-electron chi connectivity index (χ4n) is 2.27. The van der Waals surface area contributed by atoms with E-state index in [9.17, 15) is 13.2 Å². The number of benzene rings is 3. The monoisotopic (exact) mass is 392 g/mol. The van der Waals surface area contributed by atoms with Gasteiger partial charge in [0.25, 0.3) is 0 Å². The van der Waals surface area contributed by atoms with Gasteiger partial charge < -0.3 is 4.74 Å². The van der Waals surface area contributed by atoms with Crippen molar-refractivity contribution in [3.8, 4) is 16.9 Å². The molecule has 0 amide bonds. The van der Waals surface area contributed by atoms with E-state index >= 15 is 0 Å². The van der Waals surface area contributed by atoms with E-state index in [1.54, 1.807) is 0 Å². The molecular formula is C19H12BrF3O. The Bertz CT molecular complexity index is 866. The maximum atomic E-state index is 14.3. The summed E-state index contributed by atoms with van der Waals surface area (Å²) in [7, 11) is 0. The van der Waals surface area contributed by atoms with Crippen LogP contribution in [0.2, 0.25) is 0 Å². The first-order valence-electron chi connectivity index (χ1n) is 7.16. The normalized spacial score (nSPS) is 10.7. The van der Waals surface area contributed by atoms with E-state index in [-0.39, 0.29) is 28.0 Å². The highest BCUT2D eigenvalue weighted by molar-refractivity contribution is 9.10. The van der Waals surface area contributed by atoms with Crippen molar-refractivity contribution in [1.29, 1.82) is 0 Å². The van der Waals surface area contributed by atoms with Crippen molar-refractivity contribution >= 4 is 15.9 Å². The first-order chi connectivity index (χ1) is 11.6. The van der Waals surface area contributed by atoms with Crippen molar-refractivity contribution in [2.45, 2.75) is 6.61 Å². The van der Waals surface area contributed by atoms with Crippen LogP contribution in [0.3, 0.4) is 0 Å². The van der Waals surface area contributed by atoms with E-state index in [0.29, 0.717) is 0 Å². The molecule has 3 rings (SSSR count). The van der Waals surface area contributed by atoms with Gasteiger partial charge in [0.2, 0.25) is 5.82 Å². The van der Waals surface area contributed by atoms with Crippen LogP contribution in [0.4, 0.5) is 13.2 Å². The Hall–Kier alpha value is -2.27. The zero-order valence-electron chi connectivity index (χ0n) is 12.4. The van der Waals surface area contributed by atoms with Gasteiger partial charge in [-0.1, -0.05) is 36.4 Å². The van der Waals surface area contributed by atoms with Gasteiger partial charge in [-0.2, -0.15) is 4.39 Å². The third-order valence-electron chi connectivity index (χ3n) is 3.51. The highest BCUT2D eigenvalue weighted by atomic mass is 79.9. The standard InChI is InChI=1S/C19H12BrF3O/c20-15-8-6-13(10-16(15)21)14-7-9-17(19(23)18(14)22)24-11-12-4-2-1-3-5-12/h1-10H,11H2. The molecule has 0 aliphatic rings. The molecule has 0 saturated carbocycles. The fourth-order valence-corrected chi connectivity index (χ4v) is 2.51. The van der Waals surface area contributed by atoms with Crippen molar-refractivity contribution in [3.63, 3.8) is 0 Å². The Morgan fingerprint density at radius 3 is 2.29 bits per heavy atom. The molecule has 0 radical (unpaired) electrons.